The SMILES string of the molecule is C=CCN1CC[C@]23c4c5ccc(O)c4O[C@H]2C(=O)CC[C@@]3(O)[C@H]1C5.COc1ccc2c3c1O[C@H]1[C@@H](O)C=C[C@H]4[C@@H](C2)N(C)CC[C@@]341.Cl. The van der Waals surface area contributed by atoms with Gasteiger partial charge in [0.15, 0.2) is 34.9 Å². The summed E-state index contributed by atoms with van der Waals surface area (Å²) in [4.78, 5) is 17.4. The van der Waals surface area contributed by atoms with Gasteiger partial charge in [0.25, 0.3) is 0 Å². The Balaban J connectivity index is 0.000000135. The van der Waals surface area contributed by atoms with Crippen LogP contribution in [0.15, 0.2) is 49.1 Å². The minimum Gasteiger partial charge on any atom is -0.504 e. The number of ketones is 1. The molecular formula is C37H43ClN2O7. The number of halogens is 1. The van der Waals surface area contributed by atoms with E-state index in [2.05, 4.69) is 35.6 Å². The van der Waals surface area contributed by atoms with Gasteiger partial charge < -0.3 is 34.4 Å². The number of carbonyl (C=O) groups is 1. The average Bonchev–Trinajstić information content (AvgIpc) is 3.59. The van der Waals surface area contributed by atoms with Gasteiger partial charge in [0, 0.05) is 54.1 Å². The van der Waals surface area contributed by atoms with Crippen LogP contribution in [0.4, 0.5) is 0 Å². The molecule has 250 valence electrons. The van der Waals surface area contributed by atoms with E-state index in [0.29, 0.717) is 43.4 Å². The third-order valence-corrected chi connectivity index (χ3v) is 13.1. The summed E-state index contributed by atoms with van der Waals surface area (Å²) in [6, 6.07) is 8.22. The van der Waals surface area contributed by atoms with Crippen molar-refractivity contribution >= 4 is 18.2 Å². The highest BCUT2D eigenvalue weighted by Crippen LogP contribution is 2.65. The van der Waals surface area contributed by atoms with Crippen LogP contribution in [0.1, 0.15) is 47.9 Å². The van der Waals surface area contributed by atoms with E-state index >= 15 is 0 Å². The molecule has 8 aliphatic rings. The smallest absolute Gasteiger partial charge is 0.174 e. The van der Waals surface area contributed by atoms with E-state index in [4.69, 9.17) is 14.2 Å². The molecule has 1 saturated carbocycles. The number of phenols is 1. The fourth-order valence-electron chi connectivity index (χ4n) is 11.2. The maximum Gasteiger partial charge on any atom is 0.174 e. The Bertz CT molecular complexity index is 1710. The Morgan fingerprint density at radius 2 is 1.83 bits per heavy atom. The molecule has 0 aromatic heterocycles. The lowest BCUT2D eigenvalue weighted by atomic mass is 9.49. The molecule has 4 bridgehead atoms. The van der Waals surface area contributed by atoms with Gasteiger partial charge in [0.2, 0.25) is 0 Å². The number of methoxy groups -OCH3 is 1. The molecule has 2 saturated heterocycles. The Labute approximate surface area is 281 Å². The zero-order valence-corrected chi connectivity index (χ0v) is 27.7. The first kappa shape index (κ1) is 31.2. The van der Waals surface area contributed by atoms with E-state index in [9.17, 15) is 20.1 Å². The van der Waals surface area contributed by atoms with E-state index in [1.54, 1.807) is 13.2 Å². The second-order valence-electron chi connectivity index (χ2n) is 14.7. The van der Waals surface area contributed by atoms with Crippen molar-refractivity contribution in [3.05, 3.63) is 71.3 Å². The van der Waals surface area contributed by atoms with Crippen molar-refractivity contribution < 1.29 is 34.3 Å². The van der Waals surface area contributed by atoms with Gasteiger partial charge in [0.1, 0.15) is 12.2 Å². The summed E-state index contributed by atoms with van der Waals surface area (Å²) in [6.45, 7) is 6.41. The number of likely N-dealkylation sites (N-methyl/N-ethyl adjacent to an activating group) is 1. The van der Waals surface area contributed by atoms with Crippen molar-refractivity contribution in [3.63, 3.8) is 0 Å². The normalized spacial score (nSPS) is 39.3. The molecule has 2 aromatic rings. The van der Waals surface area contributed by atoms with Gasteiger partial charge in [-0.05, 0) is 69.0 Å². The van der Waals surface area contributed by atoms with Crippen molar-refractivity contribution in [2.75, 3.05) is 33.8 Å². The quantitative estimate of drug-likeness (QED) is 0.427. The molecule has 10 heteroatoms. The monoisotopic (exact) mass is 662 g/mol. The summed E-state index contributed by atoms with van der Waals surface area (Å²) < 4.78 is 17.8. The molecule has 9 nitrogen and oxygen atoms in total. The predicted molar refractivity (Wildman–Crippen MR) is 177 cm³/mol. The Hall–Kier alpha value is -3.08. The summed E-state index contributed by atoms with van der Waals surface area (Å²) in [5, 5.41) is 32.7. The molecular weight excluding hydrogens is 620 g/mol. The Kier molecular flexibility index (Phi) is 6.94. The minimum atomic E-state index is -1.00. The summed E-state index contributed by atoms with van der Waals surface area (Å²) in [5.41, 5.74) is 2.86. The molecule has 3 N–H and O–H groups in total. The van der Waals surface area contributed by atoms with E-state index in [0.717, 1.165) is 55.1 Å². The zero-order valence-electron chi connectivity index (χ0n) is 26.9. The molecule has 2 aromatic carbocycles. The molecule has 0 amide bonds. The standard InChI is InChI=1S/C19H21NO4.C18H21NO3.ClH/c1-2-8-20-9-7-18-15-11-3-4-12(21)16(15)24-17(18)13(22)5-6-19(18,23)14(20)10-11;1-19-8-7-18-11-4-5-13(20)17(18)22-16-14(21-2)6-3-10(15(16)18)9-12(11)19;/h2-4,14,17,21,23H,1,5-10H2;3-6,11-13,17,20H,7-9H2,1-2H3;1H/t14-,17+,18+,19-;11-,12+,13-,17-,18-;/m10./s1. The number of hydrogen-bond donors (Lipinski definition) is 3. The molecule has 47 heavy (non-hydrogen) atoms. The molecule has 0 radical (unpaired) electrons. The maximum absolute atomic E-state index is 12.6. The van der Waals surface area contributed by atoms with Crippen LogP contribution >= 0.6 is 12.4 Å². The van der Waals surface area contributed by atoms with Gasteiger partial charge in [-0.15, -0.1) is 19.0 Å². The summed E-state index contributed by atoms with van der Waals surface area (Å²) in [6.07, 6.45) is 8.88. The van der Waals surface area contributed by atoms with E-state index in [1.165, 1.54) is 11.1 Å². The lowest BCUT2D eigenvalue weighted by Crippen LogP contribution is -2.76. The summed E-state index contributed by atoms with van der Waals surface area (Å²) in [5.74, 6) is 2.62. The van der Waals surface area contributed by atoms with E-state index in [1.807, 2.05) is 24.3 Å². The number of likely N-dealkylation sites (tertiary alicyclic amines) is 2. The number of piperidine rings is 2. The predicted octanol–water partition coefficient (Wildman–Crippen LogP) is 3.22. The lowest BCUT2D eigenvalue weighted by Gasteiger charge is -2.62. The topological polar surface area (TPSA) is 112 Å². The van der Waals surface area contributed by atoms with Gasteiger partial charge in [-0.25, -0.2) is 0 Å². The number of aromatic hydroxyl groups is 1. The van der Waals surface area contributed by atoms with Gasteiger partial charge in [0.05, 0.1) is 18.1 Å². The highest BCUT2D eigenvalue weighted by atomic mass is 35.5. The van der Waals surface area contributed by atoms with E-state index < -0.39 is 23.2 Å². The van der Waals surface area contributed by atoms with Gasteiger partial charge in [-0.2, -0.15) is 0 Å². The first-order chi connectivity index (χ1) is 22.2. The van der Waals surface area contributed by atoms with Crippen molar-refractivity contribution in [1.29, 1.82) is 0 Å². The van der Waals surface area contributed by atoms with Crippen LogP contribution in [-0.2, 0) is 28.5 Å². The highest BCUT2D eigenvalue weighted by molar-refractivity contribution is 5.90. The second-order valence-corrected chi connectivity index (χ2v) is 14.7. The number of carbonyl (C=O) groups excluding carboxylic acids is 1. The number of rotatable bonds is 3. The third kappa shape index (κ3) is 3.67. The largest absolute Gasteiger partial charge is 0.504 e. The van der Waals surface area contributed by atoms with Crippen molar-refractivity contribution in [2.24, 2.45) is 5.92 Å². The van der Waals surface area contributed by atoms with Crippen LogP contribution < -0.4 is 14.2 Å². The highest BCUT2D eigenvalue weighted by Gasteiger charge is 2.73. The fraction of sp³-hybridized carbons (Fsp3) is 0.541. The van der Waals surface area contributed by atoms with Crippen molar-refractivity contribution in [3.8, 4) is 23.0 Å². The molecule has 0 unspecified atom stereocenters. The third-order valence-electron chi connectivity index (χ3n) is 13.1. The van der Waals surface area contributed by atoms with Gasteiger partial charge in [-0.1, -0.05) is 30.4 Å². The first-order valence-electron chi connectivity index (χ1n) is 16.7. The van der Waals surface area contributed by atoms with Crippen LogP contribution in [0.25, 0.3) is 0 Å². The second kappa shape index (κ2) is 10.5. The fourth-order valence-corrected chi connectivity index (χ4v) is 11.2. The number of benzene rings is 2. The Morgan fingerprint density at radius 1 is 1.04 bits per heavy atom. The van der Waals surface area contributed by atoms with Crippen molar-refractivity contribution in [2.45, 2.75) is 85.4 Å². The first-order valence-corrected chi connectivity index (χ1v) is 16.7. The van der Waals surface area contributed by atoms with Crippen LogP contribution in [0.2, 0.25) is 0 Å². The molecule has 3 fully saturated rings. The average molecular weight is 663 g/mol. The van der Waals surface area contributed by atoms with Crippen molar-refractivity contribution in [1.82, 2.24) is 9.80 Å². The summed E-state index contributed by atoms with van der Waals surface area (Å²) in [7, 11) is 3.91. The maximum atomic E-state index is 12.6. The van der Waals surface area contributed by atoms with Crippen LogP contribution in [0, 0.1) is 5.92 Å². The number of phenolic OH excluding ortho intramolecular Hbond substituents is 1. The molecule has 2 spiro atoms. The Morgan fingerprint density at radius 3 is 2.62 bits per heavy atom. The van der Waals surface area contributed by atoms with Crippen LogP contribution in [0.5, 0.6) is 23.0 Å². The van der Waals surface area contributed by atoms with Crippen LogP contribution in [-0.4, -0.2) is 101 Å². The number of Topliss-reactive ketones (excluding diaryl/α,β-unsaturated/α-hetero) is 1. The molecule has 4 aliphatic heterocycles. The molecule has 4 heterocycles. The number of aliphatic hydroxyl groups excluding tert-OH is 1. The van der Waals surface area contributed by atoms with Gasteiger partial charge >= 0.3 is 0 Å². The van der Waals surface area contributed by atoms with E-state index in [-0.39, 0.29) is 41.5 Å². The molecule has 10 rings (SSSR count). The summed E-state index contributed by atoms with van der Waals surface area (Å²) >= 11 is 0. The number of ether oxygens (including phenoxy) is 3. The van der Waals surface area contributed by atoms with Gasteiger partial charge in [-0.3, -0.25) is 9.69 Å². The molecule has 4 aliphatic carbocycles. The lowest BCUT2D eigenvalue weighted by molar-refractivity contribution is -0.187. The molecule has 9 atom stereocenters. The number of hydrogen-bond acceptors (Lipinski definition) is 9. The van der Waals surface area contributed by atoms with Crippen LogP contribution in [0.3, 0.4) is 0 Å². The zero-order chi connectivity index (χ0) is 31.7. The number of aliphatic hydroxyl groups is 2. The number of nitrogens with zero attached hydrogens (tertiary/aromatic N) is 2. The minimum absolute atomic E-state index is 0.